The number of benzene rings is 1. The zero-order valence-corrected chi connectivity index (χ0v) is 19.7. The van der Waals surface area contributed by atoms with E-state index in [0.717, 1.165) is 22.9 Å². The number of carbonyl (C=O) groups is 1. The minimum atomic E-state index is -0.245. The zero-order chi connectivity index (χ0) is 23.3. The fourth-order valence-electron chi connectivity index (χ4n) is 3.78. The summed E-state index contributed by atoms with van der Waals surface area (Å²) in [6, 6.07) is 6.84. The number of methoxy groups -OCH3 is 1. The minimum Gasteiger partial charge on any atom is -0.378 e. The van der Waals surface area contributed by atoms with Crippen LogP contribution in [-0.4, -0.2) is 60.2 Å². The first-order valence-electron chi connectivity index (χ1n) is 11.2. The molecule has 3 rings (SSSR count). The average Bonchev–Trinajstić information content (AvgIpc) is 2.76. The van der Waals surface area contributed by atoms with Crippen molar-refractivity contribution in [2.75, 3.05) is 38.2 Å². The maximum absolute atomic E-state index is 14.5. The molecule has 1 aromatic carbocycles. The van der Waals surface area contributed by atoms with E-state index >= 15 is 0 Å². The first kappa shape index (κ1) is 23.9. The van der Waals surface area contributed by atoms with E-state index in [4.69, 9.17) is 14.7 Å². The van der Waals surface area contributed by atoms with Crippen LogP contribution < -0.4 is 10.2 Å². The predicted octanol–water partition coefficient (Wildman–Crippen LogP) is 3.72. The molecule has 0 saturated carbocycles. The molecule has 1 fully saturated rings. The predicted molar refractivity (Wildman–Crippen MR) is 123 cm³/mol. The number of rotatable bonds is 7. The molecule has 0 unspecified atom stereocenters. The lowest BCUT2D eigenvalue weighted by atomic mass is 10.0. The standard InChI is InChI=1S/C24H34FN5O2/c1-16(2)22-27-21(15-32-5)19(14-18-8-6-7-9-20(18)25)23(28-22)29-10-12-30(13-11-29)24(31)26-17(3)4/h6-9,16-17H,10-15H2,1-5H3,(H,26,31). The van der Waals surface area contributed by atoms with Gasteiger partial charge in [-0.1, -0.05) is 32.0 Å². The summed E-state index contributed by atoms with van der Waals surface area (Å²) < 4.78 is 19.9. The molecular formula is C24H34FN5O2. The molecule has 2 amide bonds. The molecule has 7 nitrogen and oxygen atoms in total. The Bertz CT molecular complexity index is 927. The van der Waals surface area contributed by atoms with E-state index in [0.29, 0.717) is 44.8 Å². The van der Waals surface area contributed by atoms with Gasteiger partial charge in [-0.2, -0.15) is 0 Å². The molecule has 1 saturated heterocycles. The van der Waals surface area contributed by atoms with Gasteiger partial charge in [-0.15, -0.1) is 0 Å². The monoisotopic (exact) mass is 443 g/mol. The lowest BCUT2D eigenvalue weighted by Gasteiger charge is -2.37. The molecule has 0 atom stereocenters. The summed E-state index contributed by atoms with van der Waals surface area (Å²) in [5.74, 6) is 1.45. The fraction of sp³-hybridized carbons (Fsp3) is 0.542. The molecule has 1 aliphatic rings. The van der Waals surface area contributed by atoms with Crippen molar-refractivity contribution in [3.63, 3.8) is 0 Å². The summed E-state index contributed by atoms with van der Waals surface area (Å²) in [7, 11) is 1.63. The second-order valence-corrected chi connectivity index (χ2v) is 8.76. The van der Waals surface area contributed by atoms with E-state index in [1.807, 2.05) is 24.8 Å². The van der Waals surface area contributed by atoms with Crippen LogP contribution in [0.4, 0.5) is 15.0 Å². The van der Waals surface area contributed by atoms with Crippen LogP contribution >= 0.6 is 0 Å². The number of nitrogens with one attached hydrogen (secondary N) is 1. The highest BCUT2D eigenvalue weighted by molar-refractivity contribution is 5.74. The molecule has 0 spiro atoms. The molecule has 0 bridgehead atoms. The van der Waals surface area contributed by atoms with Crippen molar-refractivity contribution < 1.29 is 13.9 Å². The van der Waals surface area contributed by atoms with Gasteiger partial charge in [-0.05, 0) is 25.5 Å². The third-order valence-corrected chi connectivity index (χ3v) is 5.49. The average molecular weight is 444 g/mol. The van der Waals surface area contributed by atoms with Gasteiger partial charge in [0.05, 0.1) is 12.3 Å². The molecule has 0 aliphatic carbocycles. The van der Waals surface area contributed by atoms with Crippen LogP contribution in [0.25, 0.3) is 0 Å². The van der Waals surface area contributed by atoms with Gasteiger partial charge in [-0.3, -0.25) is 0 Å². The Kier molecular flexibility index (Phi) is 8.01. The van der Waals surface area contributed by atoms with Crippen molar-refractivity contribution in [3.8, 4) is 0 Å². The van der Waals surface area contributed by atoms with E-state index in [2.05, 4.69) is 24.1 Å². The Morgan fingerprint density at radius 3 is 2.41 bits per heavy atom. The Balaban J connectivity index is 1.94. The third-order valence-electron chi connectivity index (χ3n) is 5.49. The molecule has 1 aromatic heterocycles. The molecule has 0 radical (unpaired) electrons. The number of hydrogen-bond acceptors (Lipinski definition) is 5. The van der Waals surface area contributed by atoms with Crippen LogP contribution in [-0.2, 0) is 17.8 Å². The van der Waals surface area contributed by atoms with Crippen LogP contribution in [0.2, 0.25) is 0 Å². The number of piperazine rings is 1. The second kappa shape index (κ2) is 10.7. The smallest absolute Gasteiger partial charge is 0.317 e. The summed E-state index contributed by atoms with van der Waals surface area (Å²) in [6.07, 6.45) is 0.382. The van der Waals surface area contributed by atoms with Crippen molar-refractivity contribution >= 4 is 11.8 Å². The number of ether oxygens (including phenoxy) is 1. The van der Waals surface area contributed by atoms with E-state index in [1.54, 1.807) is 19.2 Å². The van der Waals surface area contributed by atoms with Gasteiger partial charge in [0, 0.05) is 57.2 Å². The number of carbonyl (C=O) groups excluding carboxylic acids is 1. The third kappa shape index (κ3) is 5.73. The van der Waals surface area contributed by atoms with Crippen LogP contribution in [0.15, 0.2) is 24.3 Å². The summed E-state index contributed by atoms with van der Waals surface area (Å²) in [6.45, 7) is 10.8. The molecule has 8 heteroatoms. The topological polar surface area (TPSA) is 70.6 Å². The van der Waals surface area contributed by atoms with Gasteiger partial charge >= 0.3 is 6.03 Å². The van der Waals surface area contributed by atoms with Crippen molar-refractivity contribution in [2.24, 2.45) is 0 Å². The van der Waals surface area contributed by atoms with Gasteiger partial charge in [0.1, 0.15) is 17.5 Å². The normalized spacial score (nSPS) is 14.4. The molecule has 2 heterocycles. The first-order valence-corrected chi connectivity index (χ1v) is 11.2. The Labute approximate surface area is 190 Å². The quantitative estimate of drug-likeness (QED) is 0.706. The van der Waals surface area contributed by atoms with E-state index in [-0.39, 0.29) is 23.8 Å². The van der Waals surface area contributed by atoms with Gasteiger partial charge < -0.3 is 19.9 Å². The summed E-state index contributed by atoms with van der Waals surface area (Å²) in [5, 5.41) is 2.95. The van der Waals surface area contributed by atoms with Gasteiger partial charge in [0.25, 0.3) is 0 Å². The fourth-order valence-corrected chi connectivity index (χ4v) is 3.78. The maximum atomic E-state index is 14.5. The second-order valence-electron chi connectivity index (χ2n) is 8.76. The summed E-state index contributed by atoms with van der Waals surface area (Å²) in [5.41, 5.74) is 2.26. The molecular weight excluding hydrogens is 409 g/mol. The van der Waals surface area contributed by atoms with Crippen molar-refractivity contribution in [3.05, 3.63) is 52.7 Å². The number of hydrogen-bond donors (Lipinski definition) is 1. The van der Waals surface area contributed by atoms with Crippen LogP contribution in [0.3, 0.4) is 0 Å². The highest BCUT2D eigenvalue weighted by Gasteiger charge is 2.26. The minimum absolute atomic E-state index is 0.0446. The van der Waals surface area contributed by atoms with Crippen molar-refractivity contribution in [1.82, 2.24) is 20.2 Å². The SMILES string of the molecule is COCc1nc(C(C)C)nc(N2CCN(C(=O)NC(C)C)CC2)c1Cc1ccccc1F. The maximum Gasteiger partial charge on any atom is 0.317 e. The van der Waals surface area contributed by atoms with Gasteiger partial charge in [-0.25, -0.2) is 19.2 Å². The summed E-state index contributed by atoms with van der Waals surface area (Å²) >= 11 is 0. The Morgan fingerprint density at radius 2 is 1.81 bits per heavy atom. The Morgan fingerprint density at radius 1 is 1.12 bits per heavy atom. The van der Waals surface area contributed by atoms with Gasteiger partial charge in [0.15, 0.2) is 0 Å². The number of halogens is 1. The largest absolute Gasteiger partial charge is 0.378 e. The van der Waals surface area contributed by atoms with Gasteiger partial charge in [0.2, 0.25) is 0 Å². The van der Waals surface area contributed by atoms with Crippen molar-refractivity contribution in [1.29, 1.82) is 0 Å². The molecule has 1 N–H and O–H groups in total. The summed E-state index contributed by atoms with van der Waals surface area (Å²) in [4.78, 5) is 26.1. The van der Waals surface area contributed by atoms with E-state index in [9.17, 15) is 9.18 Å². The highest BCUT2D eigenvalue weighted by atomic mass is 19.1. The zero-order valence-electron chi connectivity index (χ0n) is 19.7. The first-order chi connectivity index (χ1) is 15.3. The van der Waals surface area contributed by atoms with E-state index in [1.165, 1.54) is 6.07 Å². The number of amides is 2. The Hall–Kier alpha value is -2.74. The molecule has 2 aromatic rings. The molecule has 32 heavy (non-hydrogen) atoms. The number of urea groups is 1. The van der Waals surface area contributed by atoms with Crippen LogP contribution in [0.5, 0.6) is 0 Å². The molecule has 174 valence electrons. The van der Waals surface area contributed by atoms with Crippen molar-refractivity contribution in [2.45, 2.75) is 52.7 Å². The highest BCUT2D eigenvalue weighted by Crippen LogP contribution is 2.28. The van der Waals surface area contributed by atoms with E-state index < -0.39 is 0 Å². The number of anilines is 1. The number of aromatic nitrogens is 2. The van der Waals surface area contributed by atoms with Crippen LogP contribution in [0, 0.1) is 5.82 Å². The van der Waals surface area contributed by atoms with Crippen LogP contribution in [0.1, 0.15) is 56.3 Å². The number of nitrogens with zero attached hydrogens (tertiary/aromatic N) is 4. The lowest BCUT2D eigenvalue weighted by molar-refractivity contribution is 0.180. The lowest BCUT2D eigenvalue weighted by Crippen LogP contribution is -2.53. The molecule has 1 aliphatic heterocycles.